The molecule has 0 radical (unpaired) electrons. The average molecular weight is 183 g/mol. The first-order valence-electron chi connectivity index (χ1n) is 5.63. The lowest BCUT2D eigenvalue weighted by Gasteiger charge is -2.40. The molecule has 0 amide bonds. The summed E-state index contributed by atoms with van der Waals surface area (Å²) < 4.78 is 0. The molecule has 0 aromatic heterocycles. The molecule has 1 saturated heterocycles. The van der Waals surface area contributed by atoms with Crippen molar-refractivity contribution in [2.24, 2.45) is 23.2 Å². The SMILES string of the molecule is CC1CNCCC1C(C)C(C)(C)C. The maximum Gasteiger partial charge on any atom is -0.00204 e. The summed E-state index contributed by atoms with van der Waals surface area (Å²) >= 11 is 0. The molecule has 1 N–H and O–H groups in total. The first-order valence-corrected chi connectivity index (χ1v) is 5.63. The van der Waals surface area contributed by atoms with Crippen LogP contribution in [0.3, 0.4) is 0 Å². The van der Waals surface area contributed by atoms with Gasteiger partial charge in [-0.1, -0.05) is 34.6 Å². The van der Waals surface area contributed by atoms with E-state index in [1.54, 1.807) is 0 Å². The molecule has 0 aliphatic carbocycles. The van der Waals surface area contributed by atoms with Crippen molar-refractivity contribution < 1.29 is 0 Å². The van der Waals surface area contributed by atoms with Crippen LogP contribution in [0.2, 0.25) is 0 Å². The monoisotopic (exact) mass is 183 g/mol. The number of nitrogens with one attached hydrogen (secondary N) is 1. The average Bonchev–Trinajstić information content (AvgIpc) is 2.02. The van der Waals surface area contributed by atoms with Gasteiger partial charge in [-0.05, 0) is 42.7 Å². The van der Waals surface area contributed by atoms with Crippen molar-refractivity contribution in [3.63, 3.8) is 0 Å². The predicted molar refractivity (Wildman–Crippen MR) is 58.8 cm³/mol. The van der Waals surface area contributed by atoms with Crippen LogP contribution in [0.15, 0.2) is 0 Å². The van der Waals surface area contributed by atoms with Gasteiger partial charge in [-0.15, -0.1) is 0 Å². The third-order valence-corrected chi connectivity index (χ3v) is 3.86. The lowest BCUT2D eigenvalue weighted by atomic mass is 9.68. The van der Waals surface area contributed by atoms with Crippen molar-refractivity contribution in [3.05, 3.63) is 0 Å². The third kappa shape index (κ3) is 2.70. The summed E-state index contributed by atoms with van der Waals surface area (Å²) in [7, 11) is 0. The molecule has 1 fully saturated rings. The molecule has 3 atom stereocenters. The van der Waals surface area contributed by atoms with E-state index in [1.807, 2.05) is 0 Å². The fourth-order valence-corrected chi connectivity index (χ4v) is 2.42. The summed E-state index contributed by atoms with van der Waals surface area (Å²) in [6.07, 6.45) is 1.36. The van der Waals surface area contributed by atoms with E-state index in [1.165, 1.54) is 19.5 Å². The van der Waals surface area contributed by atoms with E-state index in [9.17, 15) is 0 Å². The van der Waals surface area contributed by atoms with Crippen LogP contribution in [0.4, 0.5) is 0 Å². The van der Waals surface area contributed by atoms with E-state index < -0.39 is 0 Å². The van der Waals surface area contributed by atoms with Crippen LogP contribution in [0.5, 0.6) is 0 Å². The molecule has 3 unspecified atom stereocenters. The molecule has 0 spiro atoms. The van der Waals surface area contributed by atoms with Gasteiger partial charge in [0.2, 0.25) is 0 Å². The second-order valence-corrected chi connectivity index (χ2v) is 5.79. The van der Waals surface area contributed by atoms with Crippen molar-refractivity contribution in [3.8, 4) is 0 Å². The van der Waals surface area contributed by atoms with Gasteiger partial charge in [0.1, 0.15) is 0 Å². The number of hydrogen-bond donors (Lipinski definition) is 1. The summed E-state index contributed by atoms with van der Waals surface area (Å²) in [5.74, 6) is 2.61. The first-order chi connectivity index (χ1) is 5.93. The Balaban J connectivity index is 2.58. The Hall–Kier alpha value is -0.0400. The van der Waals surface area contributed by atoms with Gasteiger partial charge in [-0.3, -0.25) is 0 Å². The van der Waals surface area contributed by atoms with Crippen LogP contribution in [0.1, 0.15) is 41.0 Å². The zero-order valence-electron chi connectivity index (χ0n) is 9.85. The second kappa shape index (κ2) is 4.00. The highest BCUT2D eigenvalue weighted by atomic mass is 14.9. The molecule has 0 bridgehead atoms. The molecular weight excluding hydrogens is 158 g/mol. The van der Waals surface area contributed by atoms with E-state index >= 15 is 0 Å². The zero-order chi connectivity index (χ0) is 10.1. The van der Waals surface area contributed by atoms with Crippen LogP contribution in [-0.2, 0) is 0 Å². The van der Waals surface area contributed by atoms with Crippen LogP contribution >= 0.6 is 0 Å². The van der Waals surface area contributed by atoms with Gasteiger partial charge >= 0.3 is 0 Å². The van der Waals surface area contributed by atoms with Gasteiger partial charge in [0.25, 0.3) is 0 Å². The van der Waals surface area contributed by atoms with Crippen LogP contribution in [-0.4, -0.2) is 13.1 Å². The molecule has 0 aromatic rings. The maximum absolute atomic E-state index is 3.47. The highest BCUT2D eigenvalue weighted by Gasteiger charge is 2.32. The number of piperidine rings is 1. The minimum atomic E-state index is 0.469. The van der Waals surface area contributed by atoms with Gasteiger partial charge in [0.15, 0.2) is 0 Å². The highest BCUT2D eigenvalue weighted by molar-refractivity contribution is 4.84. The molecule has 1 heterocycles. The van der Waals surface area contributed by atoms with E-state index in [-0.39, 0.29) is 0 Å². The van der Waals surface area contributed by atoms with Gasteiger partial charge in [-0.25, -0.2) is 0 Å². The van der Waals surface area contributed by atoms with Crippen molar-refractivity contribution in [2.45, 2.75) is 41.0 Å². The smallest absolute Gasteiger partial charge is 0.00204 e. The fourth-order valence-electron chi connectivity index (χ4n) is 2.42. The normalized spacial score (nSPS) is 33.0. The predicted octanol–water partition coefficient (Wildman–Crippen LogP) is 2.91. The molecule has 0 saturated carbocycles. The van der Waals surface area contributed by atoms with Gasteiger partial charge < -0.3 is 5.32 Å². The minimum Gasteiger partial charge on any atom is -0.316 e. The Morgan fingerprint density at radius 1 is 1.31 bits per heavy atom. The van der Waals surface area contributed by atoms with Crippen molar-refractivity contribution in [1.82, 2.24) is 5.32 Å². The molecule has 13 heavy (non-hydrogen) atoms. The highest BCUT2D eigenvalue weighted by Crippen LogP contribution is 2.38. The summed E-state index contributed by atoms with van der Waals surface area (Å²) in [6.45, 7) is 14.3. The number of rotatable bonds is 1. The van der Waals surface area contributed by atoms with Gasteiger partial charge in [0, 0.05) is 0 Å². The zero-order valence-corrected chi connectivity index (χ0v) is 9.85. The quantitative estimate of drug-likeness (QED) is 0.659. The Morgan fingerprint density at radius 3 is 2.38 bits per heavy atom. The molecule has 1 aliphatic heterocycles. The molecular formula is C12H25N. The second-order valence-electron chi connectivity index (χ2n) is 5.79. The largest absolute Gasteiger partial charge is 0.316 e. The third-order valence-electron chi connectivity index (χ3n) is 3.86. The maximum atomic E-state index is 3.47. The topological polar surface area (TPSA) is 12.0 Å². The Bertz CT molecular complexity index is 157. The van der Waals surface area contributed by atoms with E-state index in [0.29, 0.717) is 5.41 Å². The molecule has 1 heteroatoms. The van der Waals surface area contributed by atoms with E-state index in [0.717, 1.165) is 17.8 Å². The van der Waals surface area contributed by atoms with E-state index in [2.05, 4.69) is 39.9 Å². The minimum absolute atomic E-state index is 0.469. The van der Waals surface area contributed by atoms with Gasteiger partial charge in [0.05, 0.1) is 0 Å². The summed E-state index contributed by atoms with van der Waals surface area (Å²) in [6, 6.07) is 0. The van der Waals surface area contributed by atoms with Crippen molar-refractivity contribution in [1.29, 1.82) is 0 Å². The summed E-state index contributed by atoms with van der Waals surface area (Å²) in [5.41, 5.74) is 0.469. The summed E-state index contributed by atoms with van der Waals surface area (Å²) in [4.78, 5) is 0. The van der Waals surface area contributed by atoms with Crippen LogP contribution in [0, 0.1) is 23.2 Å². The molecule has 78 valence electrons. The van der Waals surface area contributed by atoms with Crippen LogP contribution < -0.4 is 5.32 Å². The lowest BCUT2D eigenvalue weighted by Crippen LogP contribution is -2.41. The standard InChI is InChI=1S/C12H25N/c1-9-8-13-7-6-11(9)10(2)12(3,4)5/h9-11,13H,6-8H2,1-5H3. The fraction of sp³-hybridized carbons (Fsp3) is 1.00. The molecule has 1 rings (SSSR count). The molecule has 1 aliphatic rings. The van der Waals surface area contributed by atoms with Crippen LogP contribution in [0.25, 0.3) is 0 Å². The Labute approximate surface area is 83.3 Å². The Kier molecular flexibility index (Phi) is 3.39. The Morgan fingerprint density at radius 2 is 1.92 bits per heavy atom. The van der Waals surface area contributed by atoms with E-state index in [4.69, 9.17) is 0 Å². The summed E-state index contributed by atoms with van der Waals surface area (Å²) in [5, 5.41) is 3.47. The lowest BCUT2D eigenvalue weighted by molar-refractivity contribution is 0.106. The first kappa shape index (κ1) is 11.0. The van der Waals surface area contributed by atoms with Crippen molar-refractivity contribution >= 4 is 0 Å². The van der Waals surface area contributed by atoms with Gasteiger partial charge in [-0.2, -0.15) is 0 Å². The molecule has 0 aromatic carbocycles. The molecule has 1 nitrogen and oxygen atoms in total. The number of hydrogen-bond acceptors (Lipinski definition) is 1. The van der Waals surface area contributed by atoms with Crippen molar-refractivity contribution in [2.75, 3.05) is 13.1 Å².